The van der Waals surface area contributed by atoms with Crippen molar-refractivity contribution in [3.05, 3.63) is 47.5 Å². The van der Waals surface area contributed by atoms with Crippen molar-refractivity contribution in [2.45, 2.75) is 51.8 Å². The second-order valence-electron chi connectivity index (χ2n) is 8.74. The molecule has 1 aliphatic heterocycles. The minimum Gasteiger partial charge on any atom is -0.493 e. The van der Waals surface area contributed by atoms with E-state index in [1.807, 2.05) is 13.0 Å². The lowest BCUT2D eigenvalue weighted by Gasteiger charge is -2.23. The molecule has 2 aliphatic rings. The molecule has 0 radical (unpaired) electrons. The minimum atomic E-state index is -2.91. The van der Waals surface area contributed by atoms with Gasteiger partial charge in [0.25, 0.3) is 0 Å². The summed E-state index contributed by atoms with van der Waals surface area (Å²) in [5.41, 5.74) is 3.95. The average molecular weight is 460 g/mol. The van der Waals surface area contributed by atoms with Gasteiger partial charge in [-0.05, 0) is 74.1 Å². The standard InChI is InChI=1S/C25H31F2N3O3/c1-17-13-20(29-11-3-4-12-29)8-9-21(17)28-24(31)16-30(19-6-7-19)15-18-5-10-22(33-25(26)27)23(14-18)32-2/h5,8-10,13-14,19,25H,3-4,6-7,11-12,15-16H2,1-2H3,(H,28,31). The van der Waals surface area contributed by atoms with Crippen LogP contribution in [0.2, 0.25) is 0 Å². The number of hydrogen-bond acceptors (Lipinski definition) is 5. The Kier molecular flexibility index (Phi) is 7.33. The molecule has 1 heterocycles. The van der Waals surface area contributed by atoms with Crippen LogP contribution in [-0.2, 0) is 11.3 Å². The number of nitrogens with one attached hydrogen (secondary N) is 1. The maximum absolute atomic E-state index is 12.8. The van der Waals surface area contributed by atoms with Crippen LogP contribution < -0.4 is 19.7 Å². The van der Waals surface area contributed by atoms with Crippen LogP contribution in [-0.4, -0.2) is 50.2 Å². The van der Waals surface area contributed by atoms with E-state index in [0.29, 0.717) is 12.6 Å². The van der Waals surface area contributed by atoms with Gasteiger partial charge in [-0.3, -0.25) is 9.69 Å². The Morgan fingerprint density at radius 2 is 1.91 bits per heavy atom. The fraction of sp³-hybridized carbons (Fsp3) is 0.480. The highest BCUT2D eigenvalue weighted by Crippen LogP contribution is 2.33. The van der Waals surface area contributed by atoms with E-state index in [4.69, 9.17) is 4.74 Å². The number of anilines is 2. The molecule has 2 aromatic rings. The van der Waals surface area contributed by atoms with Crippen LogP contribution in [0.15, 0.2) is 36.4 Å². The number of amides is 1. The maximum Gasteiger partial charge on any atom is 0.387 e. The van der Waals surface area contributed by atoms with Gasteiger partial charge in [0.05, 0.1) is 13.7 Å². The van der Waals surface area contributed by atoms with Gasteiger partial charge in [0, 0.05) is 37.1 Å². The SMILES string of the molecule is COc1cc(CN(CC(=O)Nc2ccc(N3CCCC3)cc2C)C2CC2)ccc1OC(F)F. The molecule has 1 N–H and O–H groups in total. The monoisotopic (exact) mass is 459 g/mol. The van der Waals surface area contributed by atoms with E-state index in [2.05, 4.69) is 32.0 Å². The largest absolute Gasteiger partial charge is 0.493 e. The summed E-state index contributed by atoms with van der Waals surface area (Å²) in [6, 6.07) is 11.4. The second-order valence-corrected chi connectivity index (χ2v) is 8.74. The van der Waals surface area contributed by atoms with Gasteiger partial charge in [0.2, 0.25) is 5.91 Å². The number of nitrogens with zero attached hydrogens (tertiary/aromatic N) is 2. The molecule has 1 aliphatic carbocycles. The molecule has 8 heteroatoms. The van der Waals surface area contributed by atoms with E-state index in [1.165, 1.54) is 31.7 Å². The molecular formula is C25H31F2N3O3. The molecule has 0 spiro atoms. The predicted octanol–water partition coefficient (Wildman–Crippen LogP) is 4.81. The molecule has 0 atom stereocenters. The van der Waals surface area contributed by atoms with Crippen molar-refractivity contribution in [3.8, 4) is 11.5 Å². The van der Waals surface area contributed by atoms with Crippen molar-refractivity contribution < 1.29 is 23.0 Å². The zero-order valence-electron chi connectivity index (χ0n) is 19.2. The highest BCUT2D eigenvalue weighted by molar-refractivity contribution is 5.93. The highest BCUT2D eigenvalue weighted by Gasteiger charge is 2.30. The van der Waals surface area contributed by atoms with Crippen LogP contribution in [0.3, 0.4) is 0 Å². The van der Waals surface area contributed by atoms with Crippen molar-refractivity contribution in [1.82, 2.24) is 4.90 Å². The predicted molar refractivity (Wildman–Crippen MR) is 124 cm³/mol. The average Bonchev–Trinajstić information content (AvgIpc) is 3.49. The number of carbonyl (C=O) groups excluding carboxylic acids is 1. The van der Waals surface area contributed by atoms with Crippen molar-refractivity contribution in [2.24, 2.45) is 0 Å². The molecule has 1 amide bonds. The second kappa shape index (κ2) is 10.4. The van der Waals surface area contributed by atoms with Crippen molar-refractivity contribution in [3.63, 3.8) is 0 Å². The topological polar surface area (TPSA) is 54.0 Å². The smallest absolute Gasteiger partial charge is 0.387 e. The number of rotatable bonds is 10. The lowest BCUT2D eigenvalue weighted by molar-refractivity contribution is -0.117. The summed E-state index contributed by atoms with van der Waals surface area (Å²) in [6.07, 6.45) is 4.53. The molecule has 178 valence electrons. The Balaban J connectivity index is 1.39. The zero-order chi connectivity index (χ0) is 23.4. The van der Waals surface area contributed by atoms with Crippen molar-refractivity contribution in [1.29, 1.82) is 0 Å². The molecule has 2 fully saturated rings. The maximum atomic E-state index is 12.8. The third-order valence-electron chi connectivity index (χ3n) is 6.20. The fourth-order valence-corrected chi connectivity index (χ4v) is 4.33. The van der Waals surface area contributed by atoms with Gasteiger partial charge in [0.15, 0.2) is 11.5 Å². The number of methoxy groups -OCH3 is 1. The summed E-state index contributed by atoms with van der Waals surface area (Å²) in [5, 5.41) is 3.05. The van der Waals surface area contributed by atoms with Crippen LogP contribution in [0.25, 0.3) is 0 Å². The molecule has 0 unspecified atom stereocenters. The molecule has 4 rings (SSSR count). The van der Waals surface area contributed by atoms with Gasteiger partial charge in [-0.25, -0.2) is 0 Å². The van der Waals surface area contributed by atoms with Gasteiger partial charge < -0.3 is 19.7 Å². The Labute approximate surface area is 193 Å². The lowest BCUT2D eigenvalue weighted by Crippen LogP contribution is -2.34. The van der Waals surface area contributed by atoms with Gasteiger partial charge >= 0.3 is 6.61 Å². The first-order chi connectivity index (χ1) is 15.9. The fourth-order valence-electron chi connectivity index (χ4n) is 4.33. The summed E-state index contributed by atoms with van der Waals surface area (Å²) in [7, 11) is 1.42. The van der Waals surface area contributed by atoms with Crippen LogP contribution >= 0.6 is 0 Å². The first kappa shape index (κ1) is 23.3. The number of halogens is 2. The van der Waals surface area contributed by atoms with Gasteiger partial charge in [-0.15, -0.1) is 0 Å². The number of ether oxygens (including phenoxy) is 2. The summed E-state index contributed by atoms with van der Waals surface area (Å²) in [6.45, 7) is 2.06. The Morgan fingerprint density at radius 1 is 1.15 bits per heavy atom. The van der Waals surface area contributed by atoms with E-state index in [9.17, 15) is 13.6 Å². The molecule has 0 aromatic heterocycles. The van der Waals surface area contributed by atoms with Crippen LogP contribution in [0, 0.1) is 6.92 Å². The first-order valence-electron chi connectivity index (χ1n) is 11.4. The molecular weight excluding hydrogens is 428 g/mol. The van der Waals surface area contributed by atoms with Crippen LogP contribution in [0.4, 0.5) is 20.2 Å². The Hall–Kier alpha value is -2.87. The van der Waals surface area contributed by atoms with Gasteiger partial charge in [-0.1, -0.05) is 6.07 Å². The Morgan fingerprint density at radius 3 is 2.55 bits per heavy atom. The van der Waals surface area contributed by atoms with Crippen LogP contribution in [0.1, 0.15) is 36.8 Å². The number of carbonyl (C=O) groups is 1. The number of hydrogen-bond donors (Lipinski definition) is 1. The number of aryl methyl sites for hydroxylation is 1. The highest BCUT2D eigenvalue weighted by atomic mass is 19.3. The van der Waals surface area contributed by atoms with Gasteiger partial charge in [0.1, 0.15) is 0 Å². The summed E-state index contributed by atoms with van der Waals surface area (Å²) < 4.78 is 34.9. The van der Waals surface area contributed by atoms with E-state index in [1.54, 1.807) is 12.1 Å². The molecule has 6 nitrogen and oxygen atoms in total. The van der Waals surface area contributed by atoms with Crippen LogP contribution in [0.5, 0.6) is 11.5 Å². The van der Waals surface area contributed by atoms with Gasteiger partial charge in [-0.2, -0.15) is 8.78 Å². The lowest BCUT2D eigenvalue weighted by atomic mass is 10.1. The third-order valence-corrected chi connectivity index (χ3v) is 6.20. The molecule has 1 saturated carbocycles. The van der Waals surface area contributed by atoms with E-state index < -0.39 is 6.61 Å². The molecule has 2 aromatic carbocycles. The van der Waals surface area contributed by atoms with Crippen molar-refractivity contribution in [2.75, 3.05) is 37.0 Å². The van der Waals surface area contributed by atoms with E-state index in [0.717, 1.165) is 42.7 Å². The summed E-state index contributed by atoms with van der Waals surface area (Å²) in [5.74, 6) is 0.185. The molecule has 1 saturated heterocycles. The number of alkyl halides is 2. The zero-order valence-corrected chi connectivity index (χ0v) is 19.2. The normalized spacial score (nSPS) is 15.9. The quantitative estimate of drug-likeness (QED) is 0.553. The third kappa shape index (κ3) is 6.13. The minimum absolute atomic E-state index is 0.000169. The van der Waals surface area contributed by atoms with E-state index in [-0.39, 0.29) is 24.0 Å². The summed E-state index contributed by atoms with van der Waals surface area (Å²) in [4.78, 5) is 17.3. The molecule has 0 bridgehead atoms. The molecule has 33 heavy (non-hydrogen) atoms. The van der Waals surface area contributed by atoms with Crippen molar-refractivity contribution >= 4 is 17.3 Å². The van der Waals surface area contributed by atoms with E-state index >= 15 is 0 Å². The summed E-state index contributed by atoms with van der Waals surface area (Å²) >= 11 is 0. The number of benzene rings is 2. The Bertz CT molecular complexity index is 975. The first-order valence-corrected chi connectivity index (χ1v) is 11.4.